The smallest absolute Gasteiger partial charge is 0.200 e. The van der Waals surface area contributed by atoms with Crippen LogP contribution >= 0.6 is 0 Å². The standard InChI is InChI=1S/C19H16N2O5/c22-11-3-4-12(23)15-14(11)17(24)9-1-2-10-16(13(9)18(15)25)21-19(20-10)5-7-26-8-6-19/h1-4,20-23H,5-8H2. The monoisotopic (exact) mass is 352 g/mol. The van der Waals surface area contributed by atoms with Gasteiger partial charge in [-0.05, 0) is 24.3 Å². The number of carbonyl (C=O) groups is 2. The number of carbonyl (C=O) groups excluding carboxylic acids is 2. The molecular weight excluding hydrogens is 336 g/mol. The number of phenolic OH excluding ortho intramolecular Hbond substituents is 2. The number of hydrogen-bond donors (Lipinski definition) is 4. The minimum absolute atomic E-state index is 0.144. The number of hydrogen-bond acceptors (Lipinski definition) is 7. The number of rotatable bonds is 0. The van der Waals surface area contributed by atoms with Crippen LogP contribution in [0.3, 0.4) is 0 Å². The molecule has 0 amide bonds. The number of ketones is 2. The molecule has 1 saturated heterocycles. The molecule has 132 valence electrons. The summed E-state index contributed by atoms with van der Waals surface area (Å²) in [5.74, 6) is -1.57. The highest BCUT2D eigenvalue weighted by Crippen LogP contribution is 2.46. The Hall–Kier alpha value is -3.06. The summed E-state index contributed by atoms with van der Waals surface area (Å²) >= 11 is 0. The van der Waals surface area contributed by atoms with Crippen LogP contribution in [0.15, 0.2) is 24.3 Å². The van der Waals surface area contributed by atoms with E-state index in [1.807, 2.05) is 0 Å². The van der Waals surface area contributed by atoms with Gasteiger partial charge in [0.25, 0.3) is 0 Å². The van der Waals surface area contributed by atoms with Crippen molar-refractivity contribution in [2.24, 2.45) is 0 Å². The number of nitrogens with one attached hydrogen (secondary N) is 2. The van der Waals surface area contributed by atoms with Crippen molar-refractivity contribution in [1.82, 2.24) is 0 Å². The molecule has 2 heterocycles. The van der Waals surface area contributed by atoms with Gasteiger partial charge in [-0.15, -0.1) is 0 Å². The van der Waals surface area contributed by atoms with Gasteiger partial charge in [-0.25, -0.2) is 0 Å². The van der Waals surface area contributed by atoms with Gasteiger partial charge in [-0.3, -0.25) is 9.59 Å². The van der Waals surface area contributed by atoms with Crippen molar-refractivity contribution in [2.75, 3.05) is 23.8 Å². The Kier molecular flexibility index (Phi) is 2.92. The van der Waals surface area contributed by atoms with Crippen LogP contribution in [0.1, 0.15) is 44.7 Å². The second kappa shape index (κ2) is 4.98. The van der Waals surface area contributed by atoms with Crippen LogP contribution in [0.5, 0.6) is 11.5 Å². The average molecular weight is 352 g/mol. The fourth-order valence-corrected chi connectivity index (χ4v) is 4.06. The van der Waals surface area contributed by atoms with Gasteiger partial charge in [0, 0.05) is 18.4 Å². The fourth-order valence-electron chi connectivity index (χ4n) is 4.06. The van der Waals surface area contributed by atoms with E-state index in [2.05, 4.69) is 10.6 Å². The number of phenols is 2. The first-order chi connectivity index (χ1) is 12.5. The quantitative estimate of drug-likeness (QED) is 0.460. The van der Waals surface area contributed by atoms with Gasteiger partial charge < -0.3 is 25.6 Å². The molecule has 0 aromatic heterocycles. The van der Waals surface area contributed by atoms with Crippen LogP contribution in [0.25, 0.3) is 0 Å². The molecule has 26 heavy (non-hydrogen) atoms. The molecule has 0 bridgehead atoms. The highest BCUT2D eigenvalue weighted by molar-refractivity contribution is 6.32. The Morgan fingerprint density at radius 3 is 2.19 bits per heavy atom. The van der Waals surface area contributed by atoms with E-state index in [1.54, 1.807) is 12.1 Å². The maximum absolute atomic E-state index is 13.1. The Morgan fingerprint density at radius 2 is 1.50 bits per heavy atom. The van der Waals surface area contributed by atoms with Gasteiger partial charge in [-0.2, -0.15) is 0 Å². The molecule has 0 radical (unpaired) electrons. The topological polar surface area (TPSA) is 108 Å². The zero-order chi connectivity index (χ0) is 18.1. The molecular formula is C19H16N2O5. The molecule has 1 aliphatic carbocycles. The molecule has 2 aliphatic heterocycles. The summed E-state index contributed by atoms with van der Waals surface area (Å²) < 4.78 is 5.42. The molecule has 2 aromatic rings. The Morgan fingerprint density at radius 1 is 0.846 bits per heavy atom. The summed E-state index contributed by atoms with van der Waals surface area (Å²) in [4.78, 5) is 26.0. The summed E-state index contributed by atoms with van der Waals surface area (Å²) in [5.41, 5.74) is 1.07. The maximum atomic E-state index is 13.1. The van der Waals surface area contributed by atoms with E-state index in [1.165, 1.54) is 12.1 Å². The first-order valence-electron chi connectivity index (χ1n) is 8.46. The Labute approximate surface area is 148 Å². The molecule has 1 fully saturated rings. The summed E-state index contributed by atoms with van der Waals surface area (Å²) in [7, 11) is 0. The third kappa shape index (κ3) is 1.86. The van der Waals surface area contributed by atoms with Crippen LogP contribution in [-0.2, 0) is 4.74 Å². The molecule has 7 heteroatoms. The second-order valence-corrected chi connectivity index (χ2v) is 6.87. The highest BCUT2D eigenvalue weighted by atomic mass is 16.5. The molecule has 0 atom stereocenters. The van der Waals surface area contributed by atoms with E-state index in [9.17, 15) is 19.8 Å². The molecule has 3 aliphatic rings. The van der Waals surface area contributed by atoms with Gasteiger partial charge in [-0.1, -0.05) is 0 Å². The van der Waals surface area contributed by atoms with Crippen LogP contribution in [0, 0.1) is 0 Å². The minimum Gasteiger partial charge on any atom is -0.507 e. The first-order valence-corrected chi connectivity index (χ1v) is 8.46. The summed E-state index contributed by atoms with van der Waals surface area (Å²) in [6.45, 7) is 1.20. The van der Waals surface area contributed by atoms with Crippen molar-refractivity contribution in [3.63, 3.8) is 0 Å². The highest BCUT2D eigenvalue weighted by Gasteiger charge is 2.43. The number of anilines is 2. The molecule has 0 saturated carbocycles. The van der Waals surface area contributed by atoms with Crippen LogP contribution in [0.4, 0.5) is 11.4 Å². The summed E-state index contributed by atoms with van der Waals surface area (Å²) in [6, 6.07) is 5.79. The van der Waals surface area contributed by atoms with Gasteiger partial charge >= 0.3 is 0 Å². The average Bonchev–Trinajstić information content (AvgIpc) is 2.98. The van der Waals surface area contributed by atoms with Gasteiger partial charge in [0.05, 0.1) is 41.3 Å². The minimum atomic E-state index is -0.474. The van der Waals surface area contributed by atoms with Crippen molar-refractivity contribution in [3.8, 4) is 11.5 Å². The molecule has 4 N–H and O–H groups in total. The molecule has 0 unspecified atom stereocenters. The Bertz CT molecular complexity index is 992. The lowest BCUT2D eigenvalue weighted by Crippen LogP contribution is -2.46. The summed E-state index contributed by atoms with van der Waals surface area (Å²) in [6.07, 6.45) is 1.45. The zero-order valence-corrected chi connectivity index (χ0v) is 13.8. The molecule has 5 rings (SSSR count). The lowest BCUT2D eigenvalue weighted by atomic mass is 9.82. The number of ether oxygens (including phenoxy) is 1. The van der Waals surface area contributed by atoms with E-state index in [-0.39, 0.29) is 33.8 Å². The first kappa shape index (κ1) is 15.2. The molecule has 2 aromatic carbocycles. The predicted molar refractivity (Wildman–Crippen MR) is 93.1 cm³/mol. The lowest BCUT2D eigenvalue weighted by Gasteiger charge is -2.34. The largest absolute Gasteiger partial charge is 0.507 e. The third-order valence-corrected chi connectivity index (χ3v) is 5.38. The van der Waals surface area contributed by atoms with Crippen LogP contribution in [-0.4, -0.2) is 40.7 Å². The van der Waals surface area contributed by atoms with Crippen molar-refractivity contribution >= 4 is 22.9 Å². The zero-order valence-electron chi connectivity index (χ0n) is 13.8. The molecule has 7 nitrogen and oxygen atoms in total. The SMILES string of the molecule is O=C1c2ccc3c(c2C(=O)c2c(O)ccc(O)c21)NC1(CCOCC1)N3. The van der Waals surface area contributed by atoms with E-state index >= 15 is 0 Å². The van der Waals surface area contributed by atoms with Crippen molar-refractivity contribution in [1.29, 1.82) is 0 Å². The van der Waals surface area contributed by atoms with E-state index in [4.69, 9.17) is 4.74 Å². The van der Waals surface area contributed by atoms with Gasteiger partial charge in [0.1, 0.15) is 17.2 Å². The number of aromatic hydroxyl groups is 2. The van der Waals surface area contributed by atoms with Crippen molar-refractivity contribution < 1.29 is 24.5 Å². The second-order valence-electron chi connectivity index (χ2n) is 6.87. The van der Waals surface area contributed by atoms with Gasteiger partial charge in [0.15, 0.2) is 5.78 Å². The Balaban J connectivity index is 1.70. The third-order valence-electron chi connectivity index (χ3n) is 5.38. The van der Waals surface area contributed by atoms with Crippen LogP contribution in [0.2, 0.25) is 0 Å². The summed E-state index contributed by atoms with van der Waals surface area (Å²) in [5, 5.41) is 27.0. The van der Waals surface area contributed by atoms with E-state index in [0.29, 0.717) is 18.9 Å². The van der Waals surface area contributed by atoms with Crippen LogP contribution < -0.4 is 10.6 Å². The van der Waals surface area contributed by atoms with Crippen molar-refractivity contribution in [2.45, 2.75) is 18.5 Å². The van der Waals surface area contributed by atoms with E-state index in [0.717, 1.165) is 18.5 Å². The van der Waals surface area contributed by atoms with E-state index < -0.39 is 17.2 Å². The number of benzene rings is 2. The molecule has 1 spiro atoms. The predicted octanol–water partition coefficient (Wildman–Crippen LogP) is 2.22. The lowest BCUT2D eigenvalue weighted by molar-refractivity contribution is 0.0696. The van der Waals surface area contributed by atoms with Gasteiger partial charge in [0.2, 0.25) is 5.78 Å². The fraction of sp³-hybridized carbons (Fsp3) is 0.263. The number of fused-ring (bicyclic) bond motifs is 4. The maximum Gasteiger partial charge on any atom is 0.200 e. The normalized spacial score (nSPS) is 19.4. The van der Waals surface area contributed by atoms with Crippen molar-refractivity contribution in [3.05, 3.63) is 46.5 Å².